The first-order valence-electron chi connectivity index (χ1n) is 11.2. The first-order chi connectivity index (χ1) is 18.7. The van der Waals surface area contributed by atoms with E-state index >= 15 is 0 Å². The Labute approximate surface area is 234 Å². The maximum absolute atomic E-state index is 13.4. The normalized spacial score (nSPS) is 12.4. The summed E-state index contributed by atoms with van der Waals surface area (Å²) >= 11 is 11.9. The second-order valence-corrected chi connectivity index (χ2v) is 9.00. The molecule has 3 N–H and O–H groups in total. The Bertz CT molecular complexity index is 1450. The second-order valence-electron chi connectivity index (χ2n) is 8.12. The number of ketones is 2. The number of carbonyl (C=O) groups excluding carboxylic acids is 3. The average Bonchev–Trinajstić information content (AvgIpc) is 2.88. The summed E-state index contributed by atoms with van der Waals surface area (Å²) in [6.07, 6.45) is -5.76. The third kappa shape index (κ3) is 8.40. The molecular weight excluding hydrogens is 578 g/mol. The van der Waals surface area contributed by atoms with Gasteiger partial charge < -0.3 is 20.3 Å². The Morgan fingerprint density at radius 1 is 0.850 bits per heavy atom. The number of Topliss-reactive ketones (excluding diaryl/α,β-unsaturated/α-hetero) is 1. The second kappa shape index (κ2) is 12.8. The van der Waals surface area contributed by atoms with Crippen LogP contribution < -0.4 is 10.1 Å². The number of aliphatic carboxylic acids is 1. The number of rotatable bonds is 10. The molecule has 1 unspecified atom stereocenters. The number of alkyl halides is 3. The number of nitrogens with one attached hydrogen (secondary N) is 1. The first kappa shape index (κ1) is 30.4. The van der Waals surface area contributed by atoms with Crippen LogP contribution in [0.15, 0.2) is 72.8 Å². The minimum atomic E-state index is -4.93. The summed E-state index contributed by atoms with van der Waals surface area (Å²) in [5, 5.41) is 20.5. The van der Waals surface area contributed by atoms with Gasteiger partial charge in [-0.3, -0.25) is 14.4 Å². The topological polar surface area (TPSA) is 130 Å². The van der Waals surface area contributed by atoms with Crippen LogP contribution in [0.2, 0.25) is 10.0 Å². The fraction of sp³-hybridized carbons (Fsp3) is 0.111. The van der Waals surface area contributed by atoms with Crippen molar-refractivity contribution in [3.05, 3.63) is 105 Å². The van der Waals surface area contributed by atoms with Crippen LogP contribution in [-0.4, -0.2) is 52.7 Å². The number of hydrogen-bond acceptors (Lipinski definition) is 6. The van der Waals surface area contributed by atoms with Gasteiger partial charge in [0.05, 0.1) is 6.54 Å². The van der Waals surface area contributed by atoms with Crippen molar-refractivity contribution in [2.45, 2.75) is 12.5 Å². The highest BCUT2D eigenvalue weighted by Gasteiger charge is 2.31. The Morgan fingerprint density at radius 3 is 1.90 bits per heavy atom. The van der Waals surface area contributed by atoms with Crippen molar-refractivity contribution in [2.24, 2.45) is 0 Å². The largest absolute Gasteiger partial charge is 0.573 e. The summed E-state index contributed by atoms with van der Waals surface area (Å²) in [7, 11) is 0. The van der Waals surface area contributed by atoms with Crippen LogP contribution in [0.1, 0.15) is 36.6 Å². The number of carbonyl (C=O) groups is 4. The molecule has 0 spiro atoms. The number of hydrogen-bond donors (Lipinski definition) is 3. The summed E-state index contributed by atoms with van der Waals surface area (Å²) in [6, 6.07) is 13.4. The Kier molecular flexibility index (Phi) is 9.69. The van der Waals surface area contributed by atoms with Gasteiger partial charge in [-0.2, -0.15) is 0 Å². The van der Waals surface area contributed by atoms with Crippen molar-refractivity contribution in [2.75, 3.05) is 6.54 Å². The average molecular weight is 596 g/mol. The zero-order valence-corrected chi connectivity index (χ0v) is 21.6. The van der Waals surface area contributed by atoms with Crippen molar-refractivity contribution < 1.29 is 47.3 Å². The van der Waals surface area contributed by atoms with Gasteiger partial charge in [0.2, 0.25) is 0 Å². The summed E-state index contributed by atoms with van der Waals surface area (Å²) < 4.78 is 41.6. The van der Waals surface area contributed by atoms with Crippen LogP contribution in [0.3, 0.4) is 0 Å². The van der Waals surface area contributed by atoms with E-state index in [0.29, 0.717) is 0 Å². The molecular formula is C27H18Cl2F3NO7. The predicted octanol–water partition coefficient (Wildman–Crippen LogP) is 5.22. The summed E-state index contributed by atoms with van der Waals surface area (Å²) in [5.74, 6) is -4.16. The minimum absolute atomic E-state index is 0.0147. The standard InChI is InChI=1S/C27H18Cl2F3NO7/c28-18-9-17(10-19(29)11-18)22(34)12-21(14-5-7-20(8-6-14)40-27(30,31)32)24(36)15-1-3-16(4-2-15)25(37)33-13-23(35)26(38)39/h1-12,23,35H,13H2,(H,33,37)(H,38,39)/b21-12+. The molecule has 3 rings (SSSR count). The van der Waals surface area contributed by atoms with Gasteiger partial charge in [-0.15, -0.1) is 13.2 Å². The van der Waals surface area contributed by atoms with Crippen LogP contribution >= 0.6 is 23.2 Å². The molecule has 0 heterocycles. The lowest BCUT2D eigenvalue weighted by atomic mass is 9.94. The Morgan fingerprint density at radius 2 is 1.38 bits per heavy atom. The molecule has 208 valence electrons. The number of carboxylic acids is 1. The van der Waals surface area contributed by atoms with E-state index in [0.717, 1.165) is 18.2 Å². The Balaban J connectivity index is 1.94. The van der Waals surface area contributed by atoms with Crippen molar-refractivity contribution in [3.63, 3.8) is 0 Å². The fourth-order valence-electron chi connectivity index (χ4n) is 3.33. The van der Waals surface area contributed by atoms with Crippen molar-refractivity contribution >= 4 is 52.2 Å². The number of halogens is 5. The molecule has 3 aromatic rings. The lowest BCUT2D eigenvalue weighted by Crippen LogP contribution is -2.36. The monoisotopic (exact) mass is 595 g/mol. The van der Waals surface area contributed by atoms with Gasteiger partial charge >= 0.3 is 12.3 Å². The van der Waals surface area contributed by atoms with Gasteiger partial charge in [-0.05, 0) is 54.1 Å². The quantitative estimate of drug-likeness (QED) is 0.216. The van der Waals surface area contributed by atoms with E-state index in [-0.39, 0.29) is 37.9 Å². The highest BCUT2D eigenvalue weighted by molar-refractivity contribution is 6.36. The van der Waals surface area contributed by atoms with Gasteiger partial charge in [0, 0.05) is 32.3 Å². The van der Waals surface area contributed by atoms with Crippen molar-refractivity contribution in [1.82, 2.24) is 5.32 Å². The highest BCUT2D eigenvalue weighted by Crippen LogP contribution is 2.28. The number of aliphatic hydroxyl groups excluding tert-OH is 1. The van der Waals surface area contributed by atoms with Gasteiger partial charge in [-0.25, -0.2) is 4.79 Å². The molecule has 3 aromatic carbocycles. The summed E-state index contributed by atoms with van der Waals surface area (Å²) in [5.41, 5.74) is 0.00110. The molecule has 1 amide bonds. The van der Waals surface area contributed by atoms with E-state index in [2.05, 4.69) is 10.1 Å². The number of carboxylic acid groups (broad SMARTS) is 1. The first-order valence-corrected chi connectivity index (χ1v) is 11.9. The van der Waals surface area contributed by atoms with Crippen LogP contribution in [0.25, 0.3) is 5.57 Å². The molecule has 1 atom stereocenters. The summed E-state index contributed by atoms with van der Waals surface area (Å²) in [6.45, 7) is -0.550. The maximum atomic E-state index is 13.4. The predicted molar refractivity (Wildman–Crippen MR) is 139 cm³/mol. The Hall–Kier alpha value is -4.19. The lowest BCUT2D eigenvalue weighted by Gasteiger charge is -2.12. The SMILES string of the molecule is O=C(/C=C(/C(=O)c1ccc(C(=O)NCC(O)C(=O)O)cc1)c1ccc(OC(F)(F)F)cc1)c1cc(Cl)cc(Cl)c1. The molecule has 13 heteroatoms. The molecule has 0 aliphatic carbocycles. The number of aliphatic hydroxyl groups is 1. The van der Waals surface area contributed by atoms with Gasteiger partial charge in [0.15, 0.2) is 17.7 Å². The van der Waals surface area contributed by atoms with Crippen molar-refractivity contribution in [1.29, 1.82) is 0 Å². The summed E-state index contributed by atoms with van der Waals surface area (Å²) in [4.78, 5) is 49.4. The maximum Gasteiger partial charge on any atom is 0.573 e. The van der Waals surface area contributed by atoms with Crippen molar-refractivity contribution in [3.8, 4) is 5.75 Å². The van der Waals surface area contributed by atoms with Crippen LogP contribution in [-0.2, 0) is 4.79 Å². The molecule has 0 fully saturated rings. The molecule has 0 saturated heterocycles. The van der Waals surface area contributed by atoms with Crippen LogP contribution in [0, 0.1) is 0 Å². The zero-order chi connectivity index (χ0) is 29.6. The number of amides is 1. The number of ether oxygens (including phenoxy) is 1. The molecule has 0 bridgehead atoms. The van der Waals surface area contributed by atoms with E-state index in [4.69, 9.17) is 28.3 Å². The molecule has 40 heavy (non-hydrogen) atoms. The van der Waals surface area contributed by atoms with Gasteiger partial charge in [-0.1, -0.05) is 47.5 Å². The molecule has 0 aliphatic heterocycles. The molecule has 0 aliphatic rings. The van der Waals surface area contributed by atoms with E-state index < -0.39 is 48.2 Å². The zero-order valence-electron chi connectivity index (χ0n) is 20.0. The minimum Gasteiger partial charge on any atom is -0.479 e. The van der Waals surface area contributed by atoms with E-state index in [1.807, 2.05) is 0 Å². The molecule has 8 nitrogen and oxygen atoms in total. The smallest absolute Gasteiger partial charge is 0.479 e. The molecule has 0 saturated carbocycles. The third-order valence-electron chi connectivity index (χ3n) is 5.22. The van der Waals surface area contributed by atoms with Crippen LogP contribution in [0.4, 0.5) is 13.2 Å². The molecule has 0 radical (unpaired) electrons. The van der Waals surface area contributed by atoms with E-state index in [1.54, 1.807) is 0 Å². The van der Waals surface area contributed by atoms with E-state index in [9.17, 15) is 37.5 Å². The fourth-order valence-corrected chi connectivity index (χ4v) is 3.86. The lowest BCUT2D eigenvalue weighted by molar-refractivity contribution is -0.274. The number of allylic oxidation sites excluding steroid dienone is 2. The number of benzene rings is 3. The highest BCUT2D eigenvalue weighted by atomic mass is 35.5. The van der Waals surface area contributed by atoms with Gasteiger partial charge in [0.25, 0.3) is 5.91 Å². The van der Waals surface area contributed by atoms with Gasteiger partial charge in [0.1, 0.15) is 5.75 Å². The third-order valence-corrected chi connectivity index (χ3v) is 5.65. The van der Waals surface area contributed by atoms with E-state index in [1.165, 1.54) is 54.6 Å². The molecule has 0 aromatic heterocycles. The van der Waals surface area contributed by atoms with Crippen LogP contribution in [0.5, 0.6) is 5.75 Å².